The van der Waals surface area contributed by atoms with Crippen LogP contribution in [0.1, 0.15) is 25.8 Å². The number of hydrogen-bond donors (Lipinski definition) is 1. The number of para-hydroxylation sites is 1. The molecule has 2 rings (SSSR count). The third-order valence-corrected chi connectivity index (χ3v) is 4.43. The van der Waals surface area contributed by atoms with Gasteiger partial charge in [0.1, 0.15) is 12.4 Å². The van der Waals surface area contributed by atoms with Gasteiger partial charge in [-0.3, -0.25) is 9.80 Å². The van der Waals surface area contributed by atoms with E-state index in [9.17, 15) is 0 Å². The zero-order valence-electron chi connectivity index (χ0n) is 13.4. The van der Waals surface area contributed by atoms with Crippen molar-refractivity contribution < 1.29 is 4.74 Å². The number of likely N-dealkylation sites (N-methyl/N-ethyl adjacent to an activating group) is 1. The van der Waals surface area contributed by atoms with E-state index in [0.717, 1.165) is 43.6 Å². The molecule has 1 fully saturated rings. The lowest BCUT2D eigenvalue weighted by molar-refractivity contribution is 0.195. The molecule has 1 saturated heterocycles. The highest BCUT2D eigenvalue weighted by Gasteiger charge is 2.25. The van der Waals surface area contributed by atoms with E-state index in [0.29, 0.717) is 6.54 Å². The molecule has 1 atom stereocenters. The summed E-state index contributed by atoms with van der Waals surface area (Å²) in [7, 11) is 0. The minimum atomic E-state index is 0.532. The predicted molar refractivity (Wildman–Crippen MR) is 87.6 cm³/mol. The summed E-state index contributed by atoms with van der Waals surface area (Å²) in [6, 6.07) is 8.76. The Hall–Kier alpha value is -1.10. The Morgan fingerprint density at radius 1 is 1.29 bits per heavy atom. The van der Waals surface area contributed by atoms with Gasteiger partial charge >= 0.3 is 0 Å². The molecule has 1 aliphatic rings. The van der Waals surface area contributed by atoms with Crippen LogP contribution < -0.4 is 10.5 Å². The Labute approximate surface area is 128 Å². The largest absolute Gasteiger partial charge is 0.492 e. The smallest absolute Gasteiger partial charge is 0.123 e. The highest BCUT2D eigenvalue weighted by Crippen LogP contribution is 2.18. The summed E-state index contributed by atoms with van der Waals surface area (Å²) < 4.78 is 5.90. The second kappa shape index (κ2) is 8.37. The molecule has 0 amide bonds. The molecular weight excluding hydrogens is 262 g/mol. The lowest BCUT2D eigenvalue weighted by Gasteiger charge is -2.26. The molecule has 0 saturated carbocycles. The van der Waals surface area contributed by atoms with Crippen molar-refractivity contribution in [1.82, 2.24) is 9.80 Å². The van der Waals surface area contributed by atoms with Crippen molar-refractivity contribution >= 4 is 0 Å². The molecule has 1 aliphatic heterocycles. The molecule has 1 aromatic rings. The third kappa shape index (κ3) is 4.43. The topological polar surface area (TPSA) is 41.7 Å². The summed E-state index contributed by atoms with van der Waals surface area (Å²) in [5, 5.41) is 0. The van der Waals surface area contributed by atoms with Gasteiger partial charge in [0.2, 0.25) is 0 Å². The monoisotopic (exact) mass is 291 g/mol. The number of rotatable bonds is 8. The standard InChI is InChI=1S/C17H29N3O/c1-3-20(4-2)16-9-10-19(14-16)11-12-21-17-8-6-5-7-15(17)13-18/h5-8,16H,3-4,9-14,18H2,1-2H3. The summed E-state index contributed by atoms with van der Waals surface area (Å²) in [6.07, 6.45) is 1.28. The lowest BCUT2D eigenvalue weighted by atomic mass is 10.2. The maximum absolute atomic E-state index is 5.90. The molecule has 21 heavy (non-hydrogen) atoms. The van der Waals surface area contributed by atoms with Crippen LogP contribution in [0.3, 0.4) is 0 Å². The molecule has 0 aromatic heterocycles. The number of ether oxygens (including phenoxy) is 1. The van der Waals surface area contributed by atoms with Crippen LogP contribution in [0, 0.1) is 0 Å². The van der Waals surface area contributed by atoms with Gasteiger partial charge < -0.3 is 10.5 Å². The van der Waals surface area contributed by atoms with Crippen molar-refractivity contribution in [3.05, 3.63) is 29.8 Å². The van der Waals surface area contributed by atoms with Crippen LogP contribution in [-0.4, -0.2) is 55.2 Å². The molecule has 0 radical (unpaired) electrons. The van der Waals surface area contributed by atoms with Gasteiger partial charge in [0.15, 0.2) is 0 Å². The van der Waals surface area contributed by atoms with Crippen LogP contribution in [0.4, 0.5) is 0 Å². The molecule has 0 aliphatic carbocycles. The van der Waals surface area contributed by atoms with Gasteiger partial charge in [0.05, 0.1) is 0 Å². The average Bonchev–Trinajstić information content (AvgIpc) is 2.98. The van der Waals surface area contributed by atoms with Crippen molar-refractivity contribution in [1.29, 1.82) is 0 Å². The first-order valence-electron chi connectivity index (χ1n) is 8.15. The molecule has 4 heteroatoms. The van der Waals surface area contributed by atoms with Crippen LogP contribution >= 0.6 is 0 Å². The van der Waals surface area contributed by atoms with Crippen molar-refractivity contribution in [2.75, 3.05) is 39.3 Å². The Balaban J connectivity index is 1.75. The van der Waals surface area contributed by atoms with Crippen LogP contribution in [0.2, 0.25) is 0 Å². The third-order valence-electron chi connectivity index (χ3n) is 4.43. The summed E-state index contributed by atoms with van der Waals surface area (Å²) in [6.45, 7) is 11.4. The quantitative estimate of drug-likeness (QED) is 0.795. The zero-order valence-corrected chi connectivity index (χ0v) is 13.4. The van der Waals surface area contributed by atoms with Crippen molar-refractivity contribution in [2.24, 2.45) is 5.73 Å². The molecule has 1 heterocycles. The maximum atomic E-state index is 5.90. The van der Waals surface area contributed by atoms with Gasteiger partial charge in [-0.25, -0.2) is 0 Å². The SMILES string of the molecule is CCN(CC)C1CCN(CCOc2ccccc2CN)C1. The first-order chi connectivity index (χ1) is 10.3. The normalized spacial score (nSPS) is 19.3. The first kappa shape index (κ1) is 16.3. The molecule has 4 nitrogen and oxygen atoms in total. The lowest BCUT2D eigenvalue weighted by Crippen LogP contribution is -2.37. The van der Waals surface area contributed by atoms with Gasteiger partial charge in [-0.05, 0) is 32.1 Å². The molecule has 2 N–H and O–H groups in total. The fraction of sp³-hybridized carbons (Fsp3) is 0.647. The highest BCUT2D eigenvalue weighted by atomic mass is 16.5. The van der Waals surface area contributed by atoms with Crippen LogP contribution in [0.25, 0.3) is 0 Å². The van der Waals surface area contributed by atoms with Gasteiger partial charge in [-0.15, -0.1) is 0 Å². The van der Waals surface area contributed by atoms with E-state index < -0.39 is 0 Å². The zero-order chi connectivity index (χ0) is 15.1. The summed E-state index contributed by atoms with van der Waals surface area (Å²) in [5.74, 6) is 0.930. The van der Waals surface area contributed by atoms with Crippen molar-refractivity contribution in [3.63, 3.8) is 0 Å². The minimum absolute atomic E-state index is 0.532. The second-order valence-electron chi connectivity index (χ2n) is 5.62. The van der Waals surface area contributed by atoms with Crippen LogP contribution in [0.5, 0.6) is 5.75 Å². The van der Waals surface area contributed by atoms with Crippen molar-refractivity contribution in [2.45, 2.75) is 32.9 Å². The summed E-state index contributed by atoms with van der Waals surface area (Å²) in [5.41, 5.74) is 6.81. The Kier molecular flexibility index (Phi) is 6.49. The highest BCUT2D eigenvalue weighted by molar-refractivity contribution is 5.32. The molecule has 0 bridgehead atoms. The van der Waals surface area contributed by atoms with E-state index in [1.807, 2.05) is 24.3 Å². The van der Waals surface area contributed by atoms with Crippen LogP contribution in [0.15, 0.2) is 24.3 Å². The first-order valence-corrected chi connectivity index (χ1v) is 8.15. The van der Waals surface area contributed by atoms with E-state index in [1.54, 1.807) is 0 Å². The molecule has 118 valence electrons. The molecule has 1 aromatic carbocycles. The Morgan fingerprint density at radius 3 is 2.76 bits per heavy atom. The van der Waals surface area contributed by atoms with E-state index >= 15 is 0 Å². The van der Waals surface area contributed by atoms with Crippen LogP contribution in [-0.2, 0) is 6.54 Å². The van der Waals surface area contributed by atoms with Gasteiger partial charge in [0, 0.05) is 31.2 Å². The molecule has 1 unspecified atom stereocenters. The number of nitrogens with two attached hydrogens (primary N) is 1. The predicted octanol–water partition coefficient (Wildman–Crippen LogP) is 1.94. The Bertz CT molecular complexity index is 420. The van der Waals surface area contributed by atoms with E-state index in [1.165, 1.54) is 19.5 Å². The fourth-order valence-electron chi connectivity index (χ4n) is 3.15. The van der Waals surface area contributed by atoms with E-state index in [-0.39, 0.29) is 0 Å². The van der Waals surface area contributed by atoms with E-state index in [4.69, 9.17) is 10.5 Å². The van der Waals surface area contributed by atoms with Gasteiger partial charge in [-0.1, -0.05) is 32.0 Å². The molecule has 0 spiro atoms. The summed E-state index contributed by atoms with van der Waals surface area (Å²) in [4.78, 5) is 5.07. The van der Waals surface area contributed by atoms with Gasteiger partial charge in [0.25, 0.3) is 0 Å². The summed E-state index contributed by atoms with van der Waals surface area (Å²) >= 11 is 0. The van der Waals surface area contributed by atoms with Gasteiger partial charge in [-0.2, -0.15) is 0 Å². The second-order valence-corrected chi connectivity index (χ2v) is 5.62. The Morgan fingerprint density at radius 2 is 2.05 bits per heavy atom. The number of likely N-dealkylation sites (tertiary alicyclic amines) is 1. The number of benzene rings is 1. The minimum Gasteiger partial charge on any atom is -0.492 e. The molecular formula is C17H29N3O. The maximum Gasteiger partial charge on any atom is 0.123 e. The average molecular weight is 291 g/mol. The number of hydrogen-bond acceptors (Lipinski definition) is 4. The van der Waals surface area contributed by atoms with Crippen molar-refractivity contribution in [3.8, 4) is 5.75 Å². The van der Waals surface area contributed by atoms with E-state index in [2.05, 4.69) is 23.6 Å². The fourth-order valence-corrected chi connectivity index (χ4v) is 3.15. The number of nitrogens with zero attached hydrogens (tertiary/aromatic N) is 2.